The third-order valence-electron chi connectivity index (χ3n) is 4.35. The molecule has 0 aromatic rings. The lowest BCUT2D eigenvalue weighted by Crippen LogP contribution is -2.21. The molecule has 0 aromatic heterocycles. The van der Waals surface area contributed by atoms with Crippen molar-refractivity contribution in [2.45, 2.75) is 44.6 Å². The van der Waals surface area contributed by atoms with E-state index >= 15 is 0 Å². The standard InChI is InChI=1S/C11H18O3/c1-10-5-3-4-6-11(10,13)8(10)7-9(12)14-2/h8,13H,3-7H2,1-2H3/t8?,10-,11-/m0/s1. The molecule has 0 radical (unpaired) electrons. The molecule has 1 N–H and O–H groups in total. The average Bonchev–Trinajstić information content (AvgIpc) is 2.65. The summed E-state index contributed by atoms with van der Waals surface area (Å²) in [7, 11) is 1.40. The Bertz CT molecular complexity index is 245. The van der Waals surface area contributed by atoms with Crippen molar-refractivity contribution < 1.29 is 14.6 Å². The van der Waals surface area contributed by atoms with Crippen molar-refractivity contribution in [2.75, 3.05) is 7.11 Å². The molecule has 2 aliphatic carbocycles. The summed E-state index contributed by atoms with van der Waals surface area (Å²) in [6.07, 6.45) is 4.54. The molecule has 0 bridgehead atoms. The van der Waals surface area contributed by atoms with Crippen LogP contribution < -0.4 is 0 Å². The van der Waals surface area contributed by atoms with E-state index in [9.17, 15) is 9.90 Å². The molecule has 2 fully saturated rings. The van der Waals surface area contributed by atoms with E-state index in [4.69, 9.17) is 0 Å². The fourth-order valence-electron chi connectivity index (χ4n) is 3.22. The van der Waals surface area contributed by atoms with Crippen LogP contribution in [-0.2, 0) is 9.53 Å². The highest BCUT2D eigenvalue weighted by Gasteiger charge is 2.73. The van der Waals surface area contributed by atoms with Gasteiger partial charge in [0.1, 0.15) is 0 Å². The predicted molar refractivity (Wildman–Crippen MR) is 51.6 cm³/mol. The van der Waals surface area contributed by atoms with E-state index in [-0.39, 0.29) is 17.3 Å². The predicted octanol–water partition coefficient (Wildman–Crippen LogP) is 1.49. The Morgan fingerprint density at radius 1 is 1.50 bits per heavy atom. The highest BCUT2D eigenvalue weighted by atomic mass is 16.5. The fraction of sp³-hybridized carbons (Fsp3) is 0.909. The van der Waals surface area contributed by atoms with Crippen LogP contribution in [-0.4, -0.2) is 23.8 Å². The molecule has 2 rings (SSSR count). The van der Waals surface area contributed by atoms with E-state index in [1.165, 1.54) is 13.5 Å². The van der Waals surface area contributed by atoms with Gasteiger partial charge in [0.25, 0.3) is 0 Å². The molecule has 14 heavy (non-hydrogen) atoms. The molecule has 0 spiro atoms. The van der Waals surface area contributed by atoms with Crippen molar-refractivity contribution in [1.82, 2.24) is 0 Å². The molecule has 80 valence electrons. The maximum atomic E-state index is 11.2. The second kappa shape index (κ2) is 2.96. The number of aliphatic hydroxyl groups is 1. The summed E-state index contributed by atoms with van der Waals surface area (Å²) in [5, 5.41) is 10.3. The minimum absolute atomic E-state index is 0.0144. The first-order chi connectivity index (χ1) is 6.54. The fourth-order valence-corrected chi connectivity index (χ4v) is 3.22. The van der Waals surface area contributed by atoms with Crippen LogP contribution in [0.4, 0.5) is 0 Å². The van der Waals surface area contributed by atoms with Gasteiger partial charge in [-0.3, -0.25) is 4.79 Å². The second-order valence-electron chi connectivity index (χ2n) is 4.88. The second-order valence-corrected chi connectivity index (χ2v) is 4.88. The largest absolute Gasteiger partial charge is 0.469 e. The molecule has 2 saturated carbocycles. The van der Waals surface area contributed by atoms with E-state index in [0.29, 0.717) is 6.42 Å². The minimum Gasteiger partial charge on any atom is -0.469 e. The lowest BCUT2D eigenvalue weighted by molar-refractivity contribution is -0.141. The highest BCUT2D eigenvalue weighted by molar-refractivity contribution is 5.70. The third kappa shape index (κ3) is 1.11. The molecule has 1 unspecified atom stereocenters. The summed E-state index contributed by atoms with van der Waals surface area (Å²) < 4.78 is 4.65. The lowest BCUT2D eigenvalue weighted by atomic mass is 9.88. The molecule has 0 heterocycles. The number of esters is 1. The van der Waals surface area contributed by atoms with E-state index in [1.54, 1.807) is 0 Å². The maximum absolute atomic E-state index is 11.2. The normalized spacial score (nSPS) is 45.5. The molecule has 0 aromatic carbocycles. The van der Waals surface area contributed by atoms with Gasteiger partial charge in [-0.05, 0) is 12.8 Å². The summed E-state index contributed by atoms with van der Waals surface area (Å²) in [6.45, 7) is 2.10. The van der Waals surface area contributed by atoms with Gasteiger partial charge < -0.3 is 9.84 Å². The van der Waals surface area contributed by atoms with Crippen molar-refractivity contribution in [3.63, 3.8) is 0 Å². The molecule has 3 heteroatoms. The average molecular weight is 198 g/mol. The summed E-state index contributed by atoms with van der Waals surface area (Å²) in [5.41, 5.74) is -0.584. The van der Waals surface area contributed by atoms with E-state index < -0.39 is 5.60 Å². The van der Waals surface area contributed by atoms with Crippen molar-refractivity contribution >= 4 is 5.97 Å². The van der Waals surface area contributed by atoms with Crippen molar-refractivity contribution in [2.24, 2.45) is 11.3 Å². The van der Waals surface area contributed by atoms with Crippen LogP contribution in [0.2, 0.25) is 0 Å². The first-order valence-corrected chi connectivity index (χ1v) is 5.34. The van der Waals surface area contributed by atoms with Crippen molar-refractivity contribution in [3.8, 4) is 0 Å². The SMILES string of the molecule is COC(=O)CC1[C@]2(C)CCCC[C@]12O. The number of methoxy groups -OCH3 is 1. The van der Waals surface area contributed by atoms with Gasteiger partial charge in [0.15, 0.2) is 0 Å². The topological polar surface area (TPSA) is 46.5 Å². The minimum atomic E-state index is -0.570. The Morgan fingerprint density at radius 2 is 2.14 bits per heavy atom. The monoisotopic (exact) mass is 198 g/mol. The molecule has 3 nitrogen and oxygen atoms in total. The molecule has 0 amide bonds. The number of fused-ring (bicyclic) bond motifs is 1. The van der Waals surface area contributed by atoms with Crippen LogP contribution in [0.5, 0.6) is 0 Å². The van der Waals surface area contributed by atoms with E-state index in [0.717, 1.165) is 19.3 Å². The van der Waals surface area contributed by atoms with Crippen LogP contribution in [0.3, 0.4) is 0 Å². The van der Waals surface area contributed by atoms with Gasteiger partial charge >= 0.3 is 5.97 Å². The van der Waals surface area contributed by atoms with Crippen molar-refractivity contribution in [3.05, 3.63) is 0 Å². The Kier molecular flexibility index (Phi) is 2.11. The van der Waals surface area contributed by atoms with Crippen LogP contribution in [0.25, 0.3) is 0 Å². The smallest absolute Gasteiger partial charge is 0.305 e. The van der Waals surface area contributed by atoms with Crippen molar-refractivity contribution in [1.29, 1.82) is 0 Å². The highest BCUT2D eigenvalue weighted by Crippen LogP contribution is 2.70. The summed E-state index contributed by atoms with van der Waals surface area (Å²) >= 11 is 0. The van der Waals surface area contributed by atoms with Gasteiger partial charge in [-0.2, -0.15) is 0 Å². The Balaban J connectivity index is 2.05. The quantitative estimate of drug-likeness (QED) is 0.684. The molecule has 0 saturated heterocycles. The number of rotatable bonds is 2. The van der Waals surface area contributed by atoms with E-state index in [2.05, 4.69) is 11.7 Å². The van der Waals surface area contributed by atoms with Gasteiger partial charge in [0.2, 0.25) is 0 Å². The number of hydrogen-bond acceptors (Lipinski definition) is 3. The number of ether oxygens (including phenoxy) is 1. The molecular weight excluding hydrogens is 180 g/mol. The van der Waals surface area contributed by atoms with Gasteiger partial charge in [-0.15, -0.1) is 0 Å². The lowest BCUT2D eigenvalue weighted by Gasteiger charge is -2.22. The first kappa shape index (κ1) is 9.97. The van der Waals surface area contributed by atoms with Gasteiger partial charge in [-0.1, -0.05) is 19.8 Å². The number of carbonyl (C=O) groups excluding carboxylic acids is 1. The molecular formula is C11H18O3. The van der Waals surface area contributed by atoms with Gasteiger partial charge in [0, 0.05) is 11.3 Å². The molecule has 2 aliphatic rings. The summed E-state index contributed by atoms with van der Waals surface area (Å²) in [6, 6.07) is 0. The van der Waals surface area contributed by atoms with E-state index in [1.807, 2.05) is 0 Å². The Morgan fingerprint density at radius 3 is 2.64 bits per heavy atom. The van der Waals surface area contributed by atoms with Gasteiger partial charge in [-0.25, -0.2) is 0 Å². The third-order valence-corrected chi connectivity index (χ3v) is 4.35. The zero-order valence-corrected chi connectivity index (χ0v) is 8.88. The first-order valence-electron chi connectivity index (χ1n) is 5.34. The van der Waals surface area contributed by atoms with Crippen LogP contribution in [0.15, 0.2) is 0 Å². The number of hydrogen-bond donors (Lipinski definition) is 1. The molecule has 0 aliphatic heterocycles. The van der Waals surface area contributed by atoms with Gasteiger partial charge in [0.05, 0.1) is 19.1 Å². The number of carbonyl (C=O) groups is 1. The summed E-state index contributed by atoms with van der Waals surface area (Å²) in [5.74, 6) is -0.0657. The zero-order valence-electron chi connectivity index (χ0n) is 8.88. The Labute approximate surface area is 84.4 Å². The van der Waals surface area contributed by atoms with Crippen LogP contribution in [0.1, 0.15) is 39.0 Å². The Hall–Kier alpha value is -0.570. The summed E-state index contributed by atoms with van der Waals surface area (Å²) in [4.78, 5) is 11.2. The maximum Gasteiger partial charge on any atom is 0.305 e. The zero-order chi connectivity index (χ0) is 10.4. The van der Waals surface area contributed by atoms with Crippen LogP contribution >= 0.6 is 0 Å². The molecule has 3 atom stereocenters. The van der Waals surface area contributed by atoms with Crippen LogP contribution in [0, 0.1) is 11.3 Å².